The maximum atomic E-state index is 11.2. The third-order valence-corrected chi connectivity index (χ3v) is 3.62. The molecule has 0 aliphatic carbocycles. The monoisotopic (exact) mass is 229 g/mol. The van der Waals surface area contributed by atoms with Crippen LogP contribution in [0.15, 0.2) is 24.3 Å². The SMILES string of the molecule is Cc1ccc2cc3n(c2c1)CCCC3C(=O)O. The molecular formula is C14H15NO2. The molecule has 0 radical (unpaired) electrons. The summed E-state index contributed by atoms with van der Waals surface area (Å²) < 4.78 is 2.17. The Labute approximate surface area is 99.7 Å². The van der Waals surface area contributed by atoms with Gasteiger partial charge in [0, 0.05) is 17.8 Å². The Morgan fingerprint density at radius 1 is 1.41 bits per heavy atom. The highest BCUT2D eigenvalue weighted by molar-refractivity contribution is 5.85. The van der Waals surface area contributed by atoms with Crippen molar-refractivity contribution < 1.29 is 9.90 Å². The van der Waals surface area contributed by atoms with Gasteiger partial charge in [-0.05, 0) is 42.8 Å². The van der Waals surface area contributed by atoms with Gasteiger partial charge in [0.2, 0.25) is 0 Å². The second-order valence-corrected chi connectivity index (χ2v) is 4.82. The lowest BCUT2D eigenvalue weighted by molar-refractivity contribution is -0.139. The number of carboxylic acid groups (broad SMARTS) is 1. The topological polar surface area (TPSA) is 42.2 Å². The van der Waals surface area contributed by atoms with Crippen molar-refractivity contribution in [3.05, 3.63) is 35.5 Å². The molecule has 0 fully saturated rings. The predicted molar refractivity (Wildman–Crippen MR) is 66.3 cm³/mol. The number of aromatic nitrogens is 1. The lowest BCUT2D eigenvalue weighted by Crippen LogP contribution is -2.21. The molecule has 0 saturated carbocycles. The van der Waals surface area contributed by atoms with Crippen LogP contribution in [0.3, 0.4) is 0 Å². The largest absolute Gasteiger partial charge is 0.481 e. The Hall–Kier alpha value is -1.77. The normalized spacial score (nSPS) is 19.2. The minimum absolute atomic E-state index is 0.337. The van der Waals surface area contributed by atoms with Gasteiger partial charge in [-0.15, -0.1) is 0 Å². The summed E-state index contributed by atoms with van der Waals surface area (Å²) in [6, 6.07) is 8.33. The Balaban J connectivity index is 2.25. The van der Waals surface area contributed by atoms with Crippen molar-refractivity contribution in [1.82, 2.24) is 4.57 Å². The van der Waals surface area contributed by atoms with Crippen LogP contribution in [0.5, 0.6) is 0 Å². The van der Waals surface area contributed by atoms with Crippen molar-refractivity contribution in [3.63, 3.8) is 0 Å². The molecule has 0 bridgehead atoms. The van der Waals surface area contributed by atoms with Crippen molar-refractivity contribution in [2.45, 2.75) is 32.2 Å². The first kappa shape index (κ1) is 10.4. The van der Waals surface area contributed by atoms with Gasteiger partial charge < -0.3 is 9.67 Å². The van der Waals surface area contributed by atoms with Crippen LogP contribution in [0.1, 0.15) is 30.0 Å². The summed E-state index contributed by atoms with van der Waals surface area (Å²) in [5.41, 5.74) is 3.35. The van der Waals surface area contributed by atoms with Gasteiger partial charge in [-0.2, -0.15) is 0 Å². The number of aliphatic carboxylic acids is 1. The number of fused-ring (bicyclic) bond motifs is 3. The number of hydrogen-bond acceptors (Lipinski definition) is 1. The van der Waals surface area contributed by atoms with E-state index >= 15 is 0 Å². The second-order valence-electron chi connectivity index (χ2n) is 4.82. The molecule has 1 aliphatic rings. The minimum Gasteiger partial charge on any atom is -0.481 e. The third kappa shape index (κ3) is 1.54. The zero-order chi connectivity index (χ0) is 12.0. The summed E-state index contributed by atoms with van der Waals surface area (Å²) >= 11 is 0. The maximum absolute atomic E-state index is 11.2. The van der Waals surface area contributed by atoms with Crippen LogP contribution in [0.4, 0.5) is 0 Å². The van der Waals surface area contributed by atoms with Gasteiger partial charge in [-0.3, -0.25) is 4.79 Å². The average molecular weight is 229 g/mol. The van der Waals surface area contributed by atoms with Crippen LogP contribution >= 0.6 is 0 Å². The summed E-state index contributed by atoms with van der Waals surface area (Å²) in [6.07, 6.45) is 1.70. The van der Waals surface area contributed by atoms with Gasteiger partial charge in [-0.1, -0.05) is 12.1 Å². The molecule has 17 heavy (non-hydrogen) atoms. The molecule has 0 saturated heterocycles. The lowest BCUT2D eigenvalue weighted by atomic mass is 9.96. The number of nitrogens with zero attached hydrogens (tertiary/aromatic N) is 1. The van der Waals surface area contributed by atoms with Crippen LogP contribution in [0, 0.1) is 6.92 Å². The highest BCUT2D eigenvalue weighted by Crippen LogP contribution is 2.33. The number of carbonyl (C=O) groups is 1. The van der Waals surface area contributed by atoms with Gasteiger partial charge in [0.25, 0.3) is 0 Å². The second kappa shape index (κ2) is 3.62. The summed E-state index contributed by atoms with van der Waals surface area (Å²) in [5.74, 6) is -1.04. The summed E-state index contributed by atoms with van der Waals surface area (Å²) in [5, 5.41) is 10.4. The predicted octanol–water partition coefficient (Wildman–Crippen LogP) is 2.91. The van der Waals surface area contributed by atoms with Gasteiger partial charge in [-0.25, -0.2) is 0 Å². The molecule has 1 aromatic carbocycles. The molecule has 3 rings (SSSR count). The van der Waals surface area contributed by atoms with Crippen molar-refractivity contribution in [1.29, 1.82) is 0 Å². The van der Waals surface area contributed by atoms with E-state index < -0.39 is 5.97 Å². The highest BCUT2D eigenvalue weighted by atomic mass is 16.4. The van der Waals surface area contributed by atoms with Gasteiger partial charge in [0.05, 0.1) is 5.92 Å². The molecule has 2 aromatic rings. The smallest absolute Gasteiger partial charge is 0.312 e. The quantitative estimate of drug-likeness (QED) is 0.817. The molecule has 0 amide bonds. The van der Waals surface area contributed by atoms with Crippen LogP contribution < -0.4 is 0 Å². The number of hydrogen-bond donors (Lipinski definition) is 1. The molecule has 0 spiro atoms. The van der Waals surface area contributed by atoms with E-state index in [4.69, 9.17) is 0 Å². The molecule has 2 heterocycles. The Bertz CT molecular complexity index is 598. The van der Waals surface area contributed by atoms with Crippen LogP contribution in [0.25, 0.3) is 10.9 Å². The third-order valence-electron chi connectivity index (χ3n) is 3.62. The molecule has 1 unspecified atom stereocenters. The molecule has 1 aromatic heterocycles. The van der Waals surface area contributed by atoms with Crippen molar-refractivity contribution in [3.8, 4) is 0 Å². The zero-order valence-electron chi connectivity index (χ0n) is 9.81. The van der Waals surface area contributed by atoms with E-state index in [0.29, 0.717) is 0 Å². The Morgan fingerprint density at radius 3 is 3.00 bits per heavy atom. The standard InChI is InChI=1S/C14H15NO2/c1-9-4-5-10-8-13-11(14(16)17)3-2-6-15(13)12(10)7-9/h4-5,7-8,11H,2-3,6H2,1H3,(H,16,17). The molecule has 88 valence electrons. The Kier molecular flexibility index (Phi) is 2.21. The van der Waals surface area contributed by atoms with E-state index in [0.717, 1.165) is 30.5 Å². The Morgan fingerprint density at radius 2 is 2.24 bits per heavy atom. The molecule has 1 aliphatic heterocycles. The summed E-state index contributed by atoms with van der Waals surface area (Å²) in [7, 11) is 0. The minimum atomic E-state index is -0.703. The van der Waals surface area contributed by atoms with Crippen molar-refractivity contribution >= 4 is 16.9 Å². The molecule has 3 heteroatoms. The number of carboxylic acids is 1. The first-order valence-electron chi connectivity index (χ1n) is 5.99. The van der Waals surface area contributed by atoms with Crippen molar-refractivity contribution in [2.24, 2.45) is 0 Å². The van der Waals surface area contributed by atoms with E-state index in [1.807, 2.05) is 6.07 Å². The maximum Gasteiger partial charge on any atom is 0.312 e. The number of aryl methyl sites for hydroxylation is 2. The fourth-order valence-electron chi connectivity index (χ4n) is 2.78. The van der Waals surface area contributed by atoms with Gasteiger partial charge >= 0.3 is 5.97 Å². The summed E-state index contributed by atoms with van der Waals surface area (Å²) in [4.78, 5) is 11.2. The fraction of sp³-hybridized carbons (Fsp3) is 0.357. The van der Waals surface area contributed by atoms with Crippen molar-refractivity contribution in [2.75, 3.05) is 0 Å². The van der Waals surface area contributed by atoms with Gasteiger partial charge in [0.15, 0.2) is 0 Å². The first-order chi connectivity index (χ1) is 8.16. The lowest BCUT2D eigenvalue weighted by Gasteiger charge is -2.22. The highest BCUT2D eigenvalue weighted by Gasteiger charge is 2.27. The van der Waals surface area contributed by atoms with Crippen LogP contribution in [0.2, 0.25) is 0 Å². The van der Waals surface area contributed by atoms with E-state index in [9.17, 15) is 9.90 Å². The van der Waals surface area contributed by atoms with E-state index in [1.54, 1.807) is 0 Å². The van der Waals surface area contributed by atoms with E-state index in [1.165, 1.54) is 11.1 Å². The van der Waals surface area contributed by atoms with Gasteiger partial charge in [0.1, 0.15) is 0 Å². The molecule has 1 atom stereocenters. The van der Waals surface area contributed by atoms with E-state index in [2.05, 4.69) is 29.7 Å². The zero-order valence-corrected chi connectivity index (χ0v) is 9.81. The summed E-state index contributed by atoms with van der Waals surface area (Å²) in [6.45, 7) is 3.00. The molecule has 3 nitrogen and oxygen atoms in total. The van der Waals surface area contributed by atoms with Crippen LogP contribution in [-0.2, 0) is 11.3 Å². The fourth-order valence-corrected chi connectivity index (χ4v) is 2.78. The average Bonchev–Trinajstić information content (AvgIpc) is 2.66. The van der Waals surface area contributed by atoms with Crippen LogP contribution in [-0.4, -0.2) is 15.6 Å². The molecule has 1 N–H and O–H groups in total. The first-order valence-corrected chi connectivity index (χ1v) is 5.99. The molecular weight excluding hydrogens is 214 g/mol. The number of rotatable bonds is 1. The van der Waals surface area contributed by atoms with E-state index in [-0.39, 0.29) is 5.92 Å². The number of benzene rings is 1.